The number of likely N-dealkylation sites (tertiary alicyclic amines) is 1. The number of rotatable bonds is 3. The number of piperidine rings is 1. The average Bonchev–Trinajstić information content (AvgIpc) is 2.45. The molecule has 0 aliphatic carbocycles. The Labute approximate surface area is 116 Å². The van der Waals surface area contributed by atoms with Crippen molar-refractivity contribution in [2.24, 2.45) is 5.92 Å². The summed E-state index contributed by atoms with van der Waals surface area (Å²) in [6.07, 6.45) is -1.26. The van der Waals surface area contributed by atoms with Gasteiger partial charge in [-0.2, -0.15) is 0 Å². The lowest BCUT2D eigenvalue weighted by atomic mass is 9.96. The van der Waals surface area contributed by atoms with Gasteiger partial charge in [0.15, 0.2) is 0 Å². The molecule has 1 saturated heterocycles. The van der Waals surface area contributed by atoms with Gasteiger partial charge in [0.1, 0.15) is 6.61 Å². The number of carboxylic acids is 1. The molecular formula is C14H17NO5. The number of amides is 1. The van der Waals surface area contributed by atoms with Crippen molar-refractivity contribution in [1.29, 1.82) is 0 Å². The smallest absolute Gasteiger partial charge is 0.410 e. The third-order valence-corrected chi connectivity index (χ3v) is 3.24. The third-order valence-electron chi connectivity index (χ3n) is 3.24. The lowest BCUT2D eigenvalue weighted by Gasteiger charge is -2.33. The Morgan fingerprint density at radius 1 is 1.25 bits per heavy atom. The van der Waals surface area contributed by atoms with Crippen molar-refractivity contribution in [2.45, 2.75) is 19.1 Å². The number of carbonyl (C=O) groups excluding carboxylic acids is 1. The Balaban J connectivity index is 1.90. The maximum Gasteiger partial charge on any atom is 0.410 e. The summed E-state index contributed by atoms with van der Waals surface area (Å²) >= 11 is 0. The number of nitrogens with zero attached hydrogens (tertiary/aromatic N) is 1. The molecule has 0 bridgehead atoms. The van der Waals surface area contributed by atoms with Crippen molar-refractivity contribution >= 4 is 12.1 Å². The molecule has 1 heterocycles. The van der Waals surface area contributed by atoms with Gasteiger partial charge in [-0.25, -0.2) is 4.79 Å². The molecule has 1 aliphatic heterocycles. The lowest BCUT2D eigenvalue weighted by Crippen LogP contribution is -2.48. The first-order valence-corrected chi connectivity index (χ1v) is 6.42. The minimum Gasteiger partial charge on any atom is -0.481 e. The lowest BCUT2D eigenvalue weighted by molar-refractivity contribution is -0.145. The topological polar surface area (TPSA) is 87.1 Å². The molecule has 20 heavy (non-hydrogen) atoms. The van der Waals surface area contributed by atoms with Crippen molar-refractivity contribution in [1.82, 2.24) is 4.90 Å². The Hall–Kier alpha value is -2.08. The van der Waals surface area contributed by atoms with E-state index in [1.165, 1.54) is 4.90 Å². The monoisotopic (exact) mass is 279 g/mol. The van der Waals surface area contributed by atoms with Crippen LogP contribution in [-0.4, -0.2) is 46.4 Å². The fourth-order valence-corrected chi connectivity index (χ4v) is 2.21. The fourth-order valence-electron chi connectivity index (χ4n) is 2.21. The number of aliphatic hydroxyl groups is 1. The first kappa shape index (κ1) is 14.3. The van der Waals surface area contributed by atoms with Crippen LogP contribution in [0, 0.1) is 5.92 Å². The van der Waals surface area contributed by atoms with Gasteiger partial charge in [0.25, 0.3) is 0 Å². The Kier molecular flexibility index (Phi) is 4.57. The summed E-state index contributed by atoms with van der Waals surface area (Å²) in [4.78, 5) is 24.1. The van der Waals surface area contributed by atoms with Crippen molar-refractivity contribution in [3.8, 4) is 0 Å². The molecule has 1 aromatic rings. The number of hydrogen-bond acceptors (Lipinski definition) is 4. The summed E-state index contributed by atoms with van der Waals surface area (Å²) in [6.45, 7) is 0.307. The number of ether oxygens (including phenoxy) is 1. The van der Waals surface area contributed by atoms with Gasteiger partial charge in [0, 0.05) is 13.1 Å². The largest absolute Gasteiger partial charge is 0.481 e. The Morgan fingerprint density at radius 2 is 1.95 bits per heavy atom. The van der Waals surface area contributed by atoms with Gasteiger partial charge >= 0.3 is 12.1 Å². The average molecular weight is 279 g/mol. The van der Waals surface area contributed by atoms with E-state index < -0.39 is 24.1 Å². The van der Waals surface area contributed by atoms with Crippen LogP contribution in [0.15, 0.2) is 30.3 Å². The predicted octanol–water partition coefficient (Wildman–Crippen LogP) is 1.09. The molecule has 6 nitrogen and oxygen atoms in total. The van der Waals surface area contributed by atoms with Crippen molar-refractivity contribution in [2.75, 3.05) is 13.1 Å². The van der Waals surface area contributed by atoms with Crippen LogP contribution in [0.2, 0.25) is 0 Å². The second-order valence-electron chi connectivity index (χ2n) is 4.87. The number of carboxylic acid groups (broad SMARTS) is 1. The van der Waals surface area contributed by atoms with E-state index in [1.807, 2.05) is 30.3 Å². The van der Waals surface area contributed by atoms with Crippen LogP contribution >= 0.6 is 0 Å². The number of aliphatic carboxylic acids is 1. The van der Waals surface area contributed by atoms with Gasteiger partial charge in [-0.15, -0.1) is 0 Å². The molecule has 0 saturated carbocycles. The molecule has 2 N–H and O–H groups in total. The molecule has 0 spiro atoms. The van der Waals surface area contributed by atoms with Crippen molar-refractivity contribution in [3.05, 3.63) is 35.9 Å². The summed E-state index contributed by atoms with van der Waals surface area (Å²) < 4.78 is 5.13. The van der Waals surface area contributed by atoms with Gasteiger partial charge in [-0.05, 0) is 12.0 Å². The molecule has 0 unspecified atom stereocenters. The summed E-state index contributed by atoms with van der Waals surface area (Å²) in [5, 5.41) is 18.6. The van der Waals surface area contributed by atoms with Crippen molar-refractivity contribution < 1.29 is 24.5 Å². The molecule has 0 radical (unpaired) electrons. The predicted molar refractivity (Wildman–Crippen MR) is 69.9 cm³/mol. The number of β-amino-alcohol motifs (C(OH)–C–C–N with tert-alkyl or cyclic N) is 1. The SMILES string of the molecule is O=C(O)[C@@H]1C[C@@H](O)CN(C(=O)OCc2ccccc2)C1. The van der Waals surface area contributed by atoms with Gasteiger partial charge in [0.2, 0.25) is 0 Å². The molecule has 1 fully saturated rings. The number of aliphatic hydroxyl groups excluding tert-OH is 1. The van der Waals surface area contributed by atoms with Crippen LogP contribution in [0.25, 0.3) is 0 Å². The van der Waals surface area contributed by atoms with Crippen LogP contribution in [0.4, 0.5) is 4.79 Å². The molecule has 1 aromatic carbocycles. The Morgan fingerprint density at radius 3 is 2.60 bits per heavy atom. The van der Waals surface area contributed by atoms with E-state index >= 15 is 0 Å². The standard InChI is InChI=1S/C14H17NO5/c16-12-6-11(13(17)18)7-15(8-12)14(19)20-9-10-4-2-1-3-5-10/h1-5,11-12,16H,6-9H2,(H,17,18)/t11-,12-/m1/s1. The highest BCUT2D eigenvalue weighted by molar-refractivity contribution is 5.73. The van der Waals surface area contributed by atoms with Crippen LogP contribution in [0.3, 0.4) is 0 Å². The molecule has 108 valence electrons. The van der Waals surface area contributed by atoms with Crippen molar-refractivity contribution in [3.63, 3.8) is 0 Å². The fraction of sp³-hybridized carbons (Fsp3) is 0.429. The maximum atomic E-state index is 11.9. The molecule has 6 heteroatoms. The highest BCUT2D eigenvalue weighted by atomic mass is 16.6. The van der Waals surface area contributed by atoms with Gasteiger partial charge < -0.3 is 19.8 Å². The van der Waals surface area contributed by atoms with Gasteiger partial charge in [-0.1, -0.05) is 30.3 Å². The molecule has 1 amide bonds. The van der Waals surface area contributed by atoms with Gasteiger partial charge in [-0.3, -0.25) is 4.79 Å². The maximum absolute atomic E-state index is 11.9. The Bertz CT molecular complexity index is 476. The first-order valence-electron chi connectivity index (χ1n) is 6.42. The number of hydrogen-bond donors (Lipinski definition) is 2. The quantitative estimate of drug-likeness (QED) is 0.865. The van der Waals surface area contributed by atoms with Crippen LogP contribution < -0.4 is 0 Å². The normalized spacial score (nSPS) is 22.4. The molecule has 2 rings (SSSR count). The van der Waals surface area contributed by atoms with E-state index in [0.717, 1.165) is 5.56 Å². The second-order valence-corrected chi connectivity index (χ2v) is 4.87. The number of benzene rings is 1. The molecule has 1 aliphatic rings. The molecule has 0 aromatic heterocycles. The summed E-state index contributed by atoms with van der Waals surface area (Å²) in [7, 11) is 0. The third kappa shape index (κ3) is 3.71. The van der Waals surface area contributed by atoms with E-state index in [0.29, 0.717) is 0 Å². The highest BCUT2D eigenvalue weighted by Crippen LogP contribution is 2.18. The summed E-state index contributed by atoms with van der Waals surface area (Å²) in [5.74, 6) is -1.76. The minimum atomic E-state index is -1.01. The van der Waals surface area contributed by atoms with Crippen LogP contribution in [-0.2, 0) is 16.1 Å². The van der Waals surface area contributed by atoms with E-state index in [2.05, 4.69) is 0 Å². The zero-order valence-electron chi connectivity index (χ0n) is 10.9. The molecular weight excluding hydrogens is 262 g/mol. The minimum absolute atomic E-state index is 0.0695. The molecule has 2 atom stereocenters. The highest BCUT2D eigenvalue weighted by Gasteiger charge is 2.33. The first-order chi connectivity index (χ1) is 9.56. The van der Waals surface area contributed by atoms with E-state index in [9.17, 15) is 14.7 Å². The van der Waals surface area contributed by atoms with Gasteiger partial charge in [0.05, 0.1) is 12.0 Å². The van der Waals surface area contributed by atoms with Crippen LogP contribution in [0.5, 0.6) is 0 Å². The van der Waals surface area contributed by atoms with E-state index in [-0.39, 0.29) is 26.1 Å². The summed E-state index contributed by atoms with van der Waals surface area (Å²) in [6, 6.07) is 9.21. The number of carbonyl (C=O) groups is 2. The zero-order chi connectivity index (χ0) is 14.5. The summed E-state index contributed by atoms with van der Waals surface area (Å²) in [5.41, 5.74) is 0.855. The van der Waals surface area contributed by atoms with E-state index in [4.69, 9.17) is 9.84 Å². The van der Waals surface area contributed by atoms with Crippen LogP contribution in [0.1, 0.15) is 12.0 Å². The second kappa shape index (κ2) is 6.38. The zero-order valence-corrected chi connectivity index (χ0v) is 10.9. The van der Waals surface area contributed by atoms with E-state index in [1.54, 1.807) is 0 Å².